The monoisotopic (exact) mass is 411 g/mol. The lowest BCUT2D eigenvalue weighted by Gasteiger charge is -2.37. The van der Waals surface area contributed by atoms with Gasteiger partial charge < -0.3 is 24.3 Å². The molecule has 1 aromatic heterocycles. The van der Waals surface area contributed by atoms with Crippen molar-refractivity contribution >= 4 is 6.08 Å². The van der Waals surface area contributed by atoms with Gasteiger partial charge in [-0.1, -0.05) is 13.0 Å². The second-order valence-electron chi connectivity index (χ2n) is 8.40. The first-order valence-corrected chi connectivity index (χ1v) is 10.5. The summed E-state index contributed by atoms with van der Waals surface area (Å²) >= 11 is 0. The van der Waals surface area contributed by atoms with Crippen LogP contribution < -0.4 is 20.4 Å². The third-order valence-corrected chi connectivity index (χ3v) is 6.25. The van der Waals surface area contributed by atoms with Gasteiger partial charge in [0.1, 0.15) is 23.2 Å². The largest absolute Gasteiger partial charge is 0.504 e. The third kappa shape index (κ3) is 4.24. The molecule has 2 heterocycles. The maximum Gasteiger partial charge on any atom is 0.346 e. The number of benzene rings is 1. The standard InChI is InChI=1S/C24H29NO5/c1-14(12-25-13-16-4-7-21(28-3)20(26)9-16)17-5-6-18-10-19-23(30-22(18)11-17)8-15(2)29-24(19)27/h4,7-10,14,17,22,25-26H,5-6,11-13H2,1-3H3/t14?,17-,22-/m0/s1. The maximum absolute atomic E-state index is 12.1. The topological polar surface area (TPSA) is 80.9 Å². The van der Waals surface area contributed by atoms with Gasteiger partial charge in [0.15, 0.2) is 11.5 Å². The molecular weight excluding hydrogens is 382 g/mol. The molecule has 0 saturated heterocycles. The molecule has 160 valence electrons. The number of phenols is 1. The van der Waals surface area contributed by atoms with Gasteiger partial charge in [0, 0.05) is 12.6 Å². The predicted octanol–water partition coefficient (Wildman–Crippen LogP) is 4.03. The van der Waals surface area contributed by atoms with Crippen LogP contribution >= 0.6 is 0 Å². The predicted molar refractivity (Wildman–Crippen MR) is 115 cm³/mol. The smallest absolute Gasteiger partial charge is 0.346 e. The SMILES string of the molecule is COc1ccc(CNCC(C)[C@H]2CCC3=Cc4c(cc(C)oc4=O)O[C@H]3C2)cc1O. The Morgan fingerprint density at radius 2 is 2.17 bits per heavy atom. The molecule has 1 unspecified atom stereocenters. The summed E-state index contributed by atoms with van der Waals surface area (Å²) < 4.78 is 16.5. The number of rotatable bonds is 6. The lowest BCUT2D eigenvalue weighted by molar-refractivity contribution is 0.140. The molecule has 2 N–H and O–H groups in total. The Morgan fingerprint density at radius 3 is 2.93 bits per heavy atom. The number of methoxy groups -OCH3 is 1. The number of aryl methyl sites for hydroxylation is 1. The van der Waals surface area contributed by atoms with Crippen molar-refractivity contribution in [2.75, 3.05) is 13.7 Å². The molecule has 1 fully saturated rings. The van der Waals surface area contributed by atoms with Gasteiger partial charge in [0.05, 0.1) is 7.11 Å². The molecule has 2 aliphatic rings. The second kappa shape index (κ2) is 8.56. The zero-order valence-corrected chi connectivity index (χ0v) is 17.7. The van der Waals surface area contributed by atoms with Crippen molar-refractivity contribution in [3.63, 3.8) is 0 Å². The molecule has 3 atom stereocenters. The zero-order valence-electron chi connectivity index (χ0n) is 17.7. The highest BCUT2D eigenvalue weighted by Crippen LogP contribution is 2.40. The van der Waals surface area contributed by atoms with Crippen LogP contribution in [0.3, 0.4) is 0 Å². The molecular formula is C24H29NO5. The summed E-state index contributed by atoms with van der Waals surface area (Å²) in [5.74, 6) is 2.90. The lowest BCUT2D eigenvalue weighted by Crippen LogP contribution is -2.36. The minimum Gasteiger partial charge on any atom is -0.504 e. The third-order valence-electron chi connectivity index (χ3n) is 6.25. The molecule has 0 bridgehead atoms. The summed E-state index contributed by atoms with van der Waals surface area (Å²) in [6, 6.07) is 7.29. The van der Waals surface area contributed by atoms with E-state index in [4.69, 9.17) is 13.9 Å². The fourth-order valence-electron chi connectivity index (χ4n) is 4.48. The van der Waals surface area contributed by atoms with Crippen LogP contribution in [0, 0.1) is 18.8 Å². The fraction of sp³-hybridized carbons (Fsp3) is 0.458. The van der Waals surface area contributed by atoms with Crippen molar-refractivity contribution in [1.29, 1.82) is 0 Å². The van der Waals surface area contributed by atoms with E-state index in [9.17, 15) is 9.90 Å². The van der Waals surface area contributed by atoms with Crippen LogP contribution in [0.15, 0.2) is 39.1 Å². The van der Waals surface area contributed by atoms with Gasteiger partial charge in [-0.05, 0) is 73.9 Å². The van der Waals surface area contributed by atoms with E-state index < -0.39 is 0 Å². The van der Waals surface area contributed by atoms with E-state index in [1.807, 2.05) is 18.2 Å². The van der Waals surface area contributed by atoms with E-state index in [0.717, 1.165) is 31.4 Å². The van der Waals surface area contributed by atoms with Crippen LogP contribution in [0.1, 0.15) is 43.1 Å². The van der Waals surface area contributed by atoms with Crippen LogP contribution in [-0.2, 0) is 6.54 Å². The van der Waals surface area contributed by atoms with E-state index in [0.29, 0.717) is 41.2 Å². The normalized spacial score (nSPS) is 21.1. The van der Waals surface area contributed by atoms with Gasteiger partial charge in [0.25, 0.3) is 0 Å². The summed E-state index contributed by atoms with van der Waals surface area (Å²) in [6.07, 6.45) is 5.00. The summed E-state index contributed by atoms with van der Waals surface area (Å²) in [5.41, 5.74) is 2.45. The highest BCUT2D eigenvalue weighted by Gasteiger charge is 2.33. The van der Waals surface area contributed by atoms with Gasteiger partial charge in [0.2, 0.25) is 0 Å². The second-order valence-corrected chi connectivity index (χ2v) is 8.40. The van der Waals surface area contributed by atoms with Crippen LogP contribution in [0.5, 0.6) is 17.2 Å². The first-order valence-electron chi connectivity index (χ1n) is 10.5. The molecule has 0 radical (unpaired) electrons. The van der Waals surface area contributed by atoms with E-state index in [1.165, 1.54) is 5.57 Å². The Balaban J connectivity index is 1.33. The Bertz CT molecular complexity index is 1010. The molecule has 1 aliphatic heterocycles. The Kier molecular flexibility index (Phi) is 5.86. The molecule has 30 heavy (non-hydrogen) atoms. The molecule has 1 aromatic carbocycles. The minimum atomic E-state index is -0.319. The average Bonchev–Trinajstić information content (AvgIpc) is 2.72. The summed E-state index contributed by atoms with van der Waals surface area (Å²) in [6.45, 7) is 5.63. The molecule has 4 rings (SSSR count). The first kappa shape index (κ1) is 20.5. The van der Waals surface area contributed by atoms with Gasteiger partial charge in [-0.3, -0.25) is 0 Å². The highest BCUT2D eigenvalue weighted by molar-refractivity contribution is 5.62. The number of nitrogens with one attached hydrogen (secondary N) is 1. The number of hydrogen-bond donors (Lipinski definition) is 2. The Hall–Kier alpha value is -2.73. The number of hydrogen-bond acceptors (Lipinski definition) is 6. The quantitative estimate of drug-likeness (QED) is 0.747. The minimum absolute atomic E-state index is 0.0402. The molecule has 2 aromatic rings. The Morgan fingerprint density at radius 1 is 1.33 bits per heavy atom. The van der Waals surface area contributed by atoms with Gasteiger partial charge >= 0.3 is 5.63 Å². The van der Waals surface area contributed by atoms with E-state index >= 15 is 0 Å². The van der Waals surface area contributed by atoms with Crippen molar-refractivity contribution in [2.45, 2.75) is 45.8 Å². The highest BCUT2D eigenvalue weighted by atomic mass is 16.5. The van der Waals surface area contributed by atoms with Crippen molar-refractivity contribution in [3.05, 3.63) is 57.1 Å². The molecule has 1 saturated carbocycles. The summed E-state index contributed by atoms with van der Waals surface area (Å²) in [4.78, 5) is 12.1. The fourth-order valence-corrected chi connectivity index (χ4v) is 4.48. The zero-order chi connectivity index (χ0) is 21.3. The maximum atomic E-state index is 12.1. The van der Waals surface area contributed by atoms with Crippen molar-refractivity contribution < 1.29 is 19.0 Å². The summed E-state index contributed by atoms with van der Waals surface area (Å²) in [5, 5.41) is 13.4. The lowest BCUT2D eigenvalue weighted by atomic mass is 9.76. The van der Waals surface area contributed by atoms with Crippen molar-refractivity contribution in [2.24, 2.45) is 11.8 Å². The molecule has 0 amide bonds. The van der Waals surface area contributed by atoms with Crippen LogP contribution in [0.2, 0.25) is 0 Å². The first-order chi connectivity index (χ1) is 14.4. The van der Waals surface area contributed by atoms with Crippen LogP contribution in [0.25, 0.3) is 6.08 Å². The van der Waals surface area contributed by atoms with Gasteiger partial charge in [-0.2, -0.15) is 0 Å². The number of fused-ring (bicyclic) bond motifs is 2. The number of phenolic OH excluding ortho intramolecular Hbond substituents is 1. The van der Waals surface area contributed by atoms with E-state index in [-0.39, 0.29) is 17.5 Å². The Labute approximate surface area is 176 Å². The van der Waals surface area contributed by atoms with Crippen molar-refractivity contribution in [1.82, 2.24) is 5.32 Å². The van der Waals surface area contributed by atoms with Gasteiger partial charge in [-0.25, -0.2) is 4.79 Å². The molecule has 0 spiro atoms. The van der Waals surface area contributed by atoms with Gasteiger partial charge in [-0.15, -0.1) is 0 Å². The molecule has 6 heteroatoms. The van der Waals surface area contributed by atoms with E-state index in [2.05, 4.69) is 12.2 Å². The summed E-state index contributed by atoms with van der Waals surface area (Å²) in [7, 11) is 1.55. The van der Waals surface area contributed by atoms with Crippen LogP contribution in [-0.4, -0.2) is 24.9 Å². The molecule has 1 aliphatic carbocycles. The van der Waals surface area contributed by atoms with E-state index in [1.54, 1.807) is 26.2 Å². The number of ether oxygens (including phenoxy) is 2. The molecule has 6 nitrogen and oxygen atoms in total. The average molecular weight is 411 g/mol. The van der Waals surface area contributed by atoms with Crippen molar-refractivity contribution in [3.8, 4) is 17.2 Å². The van der Waals surface area contributed by atoms with Crippen LogP contribution in [0.4, 0.5) is 0 Å². The number of aromatic hydroxyl groups is 1.